The van der Waals surface area contributed by atoms with E-state index in [2.05, 4.69) is 94.1 Å². The number of piperazine rings is 1. The van der Waals surface area contributed by atoms with E-state index < -0.39 is 18.3 Å². The van der Waals surface area contributed by atoms with Crippen molar-refractivity contribution in [3.63, 3.8) is 0 Å². The molecular formula is C42H50N4O6. The molecule has 52 heavy (non-hydrogen) atoms. The number of esters is 1. The molecule has 2 aliphatic heterocycles. The SMILES string of the molecule is CCOC(=O)CNC(=O)NCc1ccccc1-c1ccc([C@H]2O[C@@H](CN3CCN(Cc4ccccc4)CC3)[C@@H](C)[C@@H](c3ccc(CO)cc3)O2)cc1. The van der Waals surface area contributed by atoms with Gasteiger partial charge in [0.2, 0.25) is 0 Å². The Bertz CT molecular complexity index is 1730. The lowest BCUT2D eigenvalue weighted by atomic mass is 9.89. The minimum absolute atomic E-state index is 0.000188. The van der Waals surface area contributed by atoms with Gasteiger partial charge in [0.1, 0.15) is 6.54 Å². The molecule has 2 fully saturated rings. The second kappa shape index (κ2) is 18.3. The smallest absolute Gasteiger partial charge is 0.325 e. The van der Waals surface area contributed by atoms with E-state index in [0.717, 1.165) is 72.6 Å². The molecule has 10 nitrogen and oxygen atoms in total. The highest BCUT2D eigenvalue weighted by molar-refractivity contribution is 5.81. The number of nitrogens with one attached hydrogen (secondary N) is 2. The Kier molecular flexibility index (Phi) is 13.1. The van der Waals surface area contributed by atoms with E-state index >= 15 is 0 Å². The maximum Gasteiger partial charge on any atom is 0.325 e. The molecule has 0 radical (unpaired) electrons. The molecule has 274 valence electrons. The number of aliphatic hydroxyl groups excluding tert-OH is 1. The van der Waals surface area contributed by atoms with Crippen LogP contribution in [0.4, 0.5) is 4.79 Å². The summed E-state index contributed by atoms with van der Waals surface area (Å²) in [5, 5.41) is 15.0. The lowest BCUT2D eigenvalue weighted by Gasteiger charge is -2.44. The van der Waals surface area contributed by atoms with Crippen molar-refractivity contribution in [1.29, 1.82) is 0 Å². The molecule has 0 spiro atoms. The third kappa shape index (κ3) is 9.84. The minimum atomic E-state index is -0.558. The summed E-state index contributed by atoms with van der Waals surface area (Å²) in [5.41, 5.74) is 7.14. The molecule has 4 atom stereocenters. The molecule has 0 saturated carbocycles. The van der Waals surface area contributed by atoms with Crippen LogP contribution >= 0.6 is 0 Å². The van der Waals surface area contributed by atoms with Crippen molar-refractivity contribution in [2.24, 2.45) is 5.92 Å². The van der Waals surface area contributed by atoms with Gasteiger partial charge in [-0.1, -0.05) is 110 Å². The van der Waals surface area contributed by atoms with E-state index in [-0.39, 0.29) is 44.4 Å². The number of nitrogens with zero attached hydrogens (tertiary/aromatic N) is 2. The van der Waals surface area contributed by atoms with Crippen LogP contribution in [0.5, 0.6) is 0 Å². The number of ether oxygens (including phenoxy) is 3. The van der Waals surface area contributed by atoms with Crippen molar-refractivity contribution < 1.29 is 28.9 Å². The highest BCUT2D eigenvalue weighted by Crippen LogP contribution is 2.42. The maximum absolute atomic E-state index is 12.3. The number of urea groups is 1. The van der Waals surface area contributed by atoms with Crippen LogP contribution in [-0.4, -0.2) is 78.9 Å². The van der Waals surface area contributed by atoms with Gasteiger partial charge in [0, 0.05) is 57.3 Å². The summed E-state index contributed by atoms with van der Waals surface area (Å²) in [6, 6.07) is 34.4. The topological polar surface area (TPSA) is 113 Å². The molecule has 2 saturated heterocycles. The average Bonchev–Trinajstić information content (AvgIpc) is 3.18. The monoisotopic (exact) mass is 706 g/mol. The zero-order chi connectivity index (χ0) is 36.3. The van der Waals surface area contributed by atoms with E-state index in [1.807, 2.05) is 36.4 Å². The Balaban J connectivity index is 1.13. The third-order valence-corrected chi connectivity index (χ3v) is 9.92. The van der Waals surface area contributed by atoms with E-state index in [0.29, 0.717) is 0 Å². The second-order valence-electron chi connectivity index (χ2n) is 13.5. The Morgan fingerprint density at radius 3 is 2.17 bits per heavy atom. The molecule has 3 N–H and O–H groups in total. The first-order valence-electron chi connectivity index (χ1n) is 18.2. The molecule has 0 aliphatic carbocycles. The first kappa shape index (κ1) is 37.2. The van der Waals surface area contributed by atoms with Crippen LogP contribution in [0.1, 0.15) is 54.1 Å². The van der Waals surface area contributed by atoms with Crippen LogP contribution < -0.4 is 10.6 Å². The highest BCUT2D eigenvalue weighted by Gasteiger charge is 2.39. The first-order valence-corrected chi connectivity index (χ1v) is 18.2. The first-order chi connectivity index (χ1) is 25.4. The summed E-state index contributed by atoms with van der Waals surface area (Å²) in [6.07, 6.45) is -0.794. The summed E-state index contributed by atoms with van der Waals surface area (Å²) in [6.45, 7) is 10.1. The number of benzene rings is 4. The fourth-order valence-electron chi connectivity index (χ4n) is 6.93. The van der Waals surface area contributed by atoms with Crippen molar-refractivity contribution in [3.05, 3.63) is 131 Å². The molecule has 4 aromatic rings. The number of carbonyl (C=O) groups is 2. The molecular weight excluding hydrogens is 656 g/mol. The highest BCUT2D eigenvalue weighted by atomic mass is 16.7. The maximum atomic E-state index is 12.3. The van der Waals surface area contributed by atoms with Gasteiger partial charge < -0.3 is 30.0 Å². The van der Waals surface area contributed by atoms with Gasteiger partial charge in [0.25, 0.3) is 0 Å². The summed E-state index contributed by atoms with van der Waals surface area (Å²) >= 11 is 0. The van der Waals surface area contributed by atoms with Crippen molar-refractivity contribution in [2.45, 2.75) is 52.0 Å². The third-order valence-electron chi connectivity index (χ3n) is 9.92. The molecule has 0 aromatic heterocycles. The van der Waals surface area contributed by atoms with Crippen LogP contribution in [0.25, 0.3) is 11.1 Å². The van der Waals surface area contributed by atoms with Crippen LogP contribution in [0.3, 0.4) is 0 Å². The van der Waals surface area contributed by atoms with Crippen molar-refractivity contribution in [3.8, 4) is 11.1 Å². The van der Waals surface area contributed by atoms with E-state index in [9.17, 15) is 14.7 Å². The fraction of sp³-hybridized carbons (Fsp3) is 0.381. The van der Waals surface area contributed by atoms with Gasteiger partial charge in [-0.05, 0) is 40.3 Å². The van der Waals surface area contributed by atoms with Gasteiger partial charge in [-0.25, -0.2) is 4.79 Å². The number of carbonyl (C=O) groups excluding carboxylic acids is 2. The zero-order valence-corrected chi connectivity index (χ0v) is 30.1. The van der Waals surface area contributed by atoms with Crippen LogP contribution in [0.15, 0.2) is 103 Å². The van der Waals surface area contributed by atoms with Gasteiger partial charge in [0.05, 0.1) is 25.4 Å². The van der Waals surface area contributed by atoms with Crippen LogP contribution in [-0.2, 0) is 38.7 Å². The Hall–Kier alpha value is -4.58. The molecule has 10 heteroatoms. The number of hydrogen-bond acceptors (Lipinski definition) is 8. The minimum Gasteiger partial charge on any atom is -0.465 e. The van der Waals surface area contributed by atoms with Gasteiger partial charge in [-0.2, -0.15) is 0 Å². The van der Waals surface area contributed by atoms with E-state index in [1.54, 1.807) is 6.92 Å². The molecule has 2 heterocycles. The molecule has 0 unspecified atom stereocenters. The number of amides is 2. The van der Waals surface area contributed by atoms with Crippen molar-refractivity contribution in [2.75, 3.05) is 45.9 Å². The number of rotatable bonds is 13. The standard InChI is InChI=1S/C42H50N4O6/c1-3-50-39(48)26-44-42(49)43-25-36-11-7-8-12-37(36)33-17-19-35(20-18-33)41-51-38(30(2)40(52-41)34-15-13-32(29-47)14-16-34)28-46-23-21-45(22-24-46)27-31-9-5-4-6-10-31/h4-20,30,38,40-41,47H,3,21-29H2,1-2H3,(H2,43,44,49)/t30-,38+,40+,41+/m1/s1. The summed E-state index contributed by atoms with van der Waals surface area (Å²) in [7, 11) is 0. The molecule has 2 amide bonds. The quantitative estimate of drug-likeness (QED) is 0.149. The predicted molar refractivity (Wildman–Crippen MR) is 200 cm³/mol. The number of hydrogen-bond donors (Lipinski definition) is 3. The predicted octanol–water partition coefficient (Wildman–Crippen LogP) is 5.82. The summed E-state index contributed by atoms with van der Waals surface area (Å²) in [5.74, 6) is -0.375. The second-order valence-corrected chi connectivity index (χ2v) is 13.5. The fourth-order valence-corrected chi connectivity index (χ4v) is 6.93. The van der Waals surface area contributed by atoms with Gasteiger partial charge >= 0.3 is 12.0 Å². The largest absolute Gasteiger partial charge is 0.465 e. The average molecular weight is 707 g/mol. The zero-order valence-electron chi connectivity index (χ0n) is 30.1. The normalized spacial score (nSPS) is 21.0. The molecule has 0 bridgehead atoms. The Labute approximate surface area is 306 Å². The molecule has 2 aliphatic rings. The lowest BCUT2D eigenvalue weighted by molar-refractivity contribution is -0.276. The Morgan fingerprint density at radius 1 is 0.788 bits per heavy atom. The summed E-state index contributed by atoms with van der Waals surface area (Å²) in [4.78, 5) is 29.0. The molecule has 6 rings (SSSR count). The number of aliphatic hydroxyl groups is 1. The van der Waals surface area contributed by atoms with Gasteiger partial charge in [-0.3, -0.25) is 14.6 Å². The van der Waals surface area contributed by atoms with E-state index in [1.165, 1.54) is 5.56 Å². The van der Waals surface area contributed by atoms with Gasteiger partial charge in [0.15, 0.2) is 6.29 Å². The van der Waals surface area contributed by atoms with Gasteiger partial charge in [-0.15, -0.1) is 0 Å². The van der Waals surface area contributed by atoms with Crippen LogP contribution in [0.2, 0.25) is 0 Å². The lowest BCUT2D eigenvalue weighted by Crippen LogP contribution is -2.51. The molecule has 4 aromatic carbocycles. The van der Waals surface area contributed by atoms with Crippen LogP contribution in [0, 0.1) is 5.92 Å². The van der Waals surface area contributed by atoms with Crippen molar-refractivity contribution in [1.82, 2.24) is 20.4 Å². The van der Waals surface area contributed by atoms with E-state index in [4.69, 9.17) is 14.2 Å². The summed E-state index contributed by atoms with van der Waals surface area (Å²) < 4.78 is 18.4. The van der Waals surface area contributed by atoms with Crippen molar-refractivity contribution >= 4 is 12.0 Å². The Morgan fingerprint density at radius 2 is 1.46 bits per heavy atom.